The van der Waals surface area contributed by atoms with Crippen molar-refractivity contribution in [3.8, 4) is 0 Å². The van der Waals surface area contributed by atoms with Crippen LogP contribution in [0.2, 0.25) is 0 Å². The van der Waals surface area contributed by atoms with Gasteiger partial charge in [0.25, 0.3) is 5.56 Å². The number of aromatic nitrogens is 4. The fourth-order valence-electron chi connectivity index (χ4n) is 2.26. The van der Waals surface area contributed by atoms with Crippen LogP contribution >= 0.6 is 0 Å². The smallest absolute Gasteiger partial charge is 0.332 e. The summed E-state index contributed by atoms with van der Waals surface area (Å²) in [5.74, 6) is 0.219. The molecule has 0 spiro atoms. The molecule has 8 nitrogen and oxygen atoms in total. The minimum absolute atomic E-state index is 0.0438. The molecule has 21 heavy (non-hydrogen) atoms. The maximum atomic E-state index is 12.3. The minimum Gasteiger partial charge on any atom is -0.394 e. The molecule has 2 heterocycles. The van der Waals surface area contributed by atoms with Crippen LogP contribution in [0.15, 0.2) is 15.9 Å². The molecule has 0 aliphatic carbocycles. The first-order valence-electron chi connectivity index (χ1n) is 6.80. The molecule has 1 atom stereocenters. The van der Waals surface area contributed by atoms with Crippen LogP contribution in [-0.4, -0.2) is 41.6 Å². The van der Waals surface area contributed by atoms with Gasteiger partial charge in [-0.1, -0.05) is 13.8 Å². The molecule has 0 aliphatic heterocycles. The Balaban J connectivity index is 2.71. The van der Waals surface area contributed by atoms with E-state index in [4.69, 9.17) is 5.11 Å². The molecule has 2 aromatic rings. The van der Waals surface area contributed by atoms with E-state index < -0.39 is 24.0 Å². The molecule has 0 amide bonds. The number of imidazole rings is 1. The first-order chi connectivity index (χ1) is 9.86. The number of hydrogen-bond acceptors (Lipinski definition) is 5. The lowest BCUT2D eigenvalue weighted by molar-refractivity contribution is 0.0820. The van der Waals surface area contributed by atoms with E-state index in [2.05, 4.69) is 4.98 Å². The van der Waals surface area contributed by atoms with Crippen molar-refractivity contribution in [2.24, 2.45) is 13.0 Å². The van der Waals surface area contributed by atoms with E-state index in [1.807, 2.05) is 13.8 Å². The summed E-state index contributed by atoms with van der Waals surface area (Å²) < 4.78 is 3.96. The van der Waals surface area contributed by atoms with Gasteiger partial charge in [-0.05, 0) is 5.92 Å². The highest BCUT2D eigenvalue weighted by Crippen LogP contribution is 2.09. The van der Waals surface area contributed by atoms with E-state index in [-0.39, 0.29) is 18.0 Å². The Morgan fingerprint density at radius 1 is 1.29 bits per heavy atom. The molecular weight excluding hydrogens is 276 g/mol. The normalized spacial score (nSPS) is 13.2. The molecule has 116 valence electrons. The second-order valence-electron chi connectivity index (χ2n) is 5.56. The first kappa shape index (κ1) is 15.5. The van der Waals surface area contributed by atoms with Crippen LogP contribution < -0.4 is 11.2 Å². The second-order valence-corrected chi connectivity index (χ2v) is 5.56. The quantitative estimate of drug-likeness (QED) is 0.729. The van der Waals surface area contributed by atoms with E-state index in [0.29, 0.717) is 12.2 Å². The summed E-state index contributed by atoms with van der Waals surface area (Å²) in [5, 5.41) is 18.5. The highest BCUT2D eigenvalue weighted by atomic mass is 16.3. The predicted octanol–water partition coefficient (Wildman–Crippen LogP) is -1.09. The zero-order chi connectivity index (χ0) is 15.7. The molecule has 0 saturated heterocycles. The Morgan fingerprint density at radius 3 is 2.52 bits per heavy atom. The lowest BCUT2D eigenvalue weighted by Gasteiger charge is -2.12. The number of aliphatic hydroxyl groups excluding tert-OH is 2. The van der Waals surface area contributed by atoms with Crippen LogP contribution in [0.1, 0.15) is 13.8 Å². The summed E-state index contributed by atoms with van der Waals surface area (Å²) in [7, 11) is 1.42. The maximum absolute atomic E-state index is 12.3. The van der Waals surface area contributed by atoms with Crippen molar-refractivity contribution in [2.75, 3.05) is 6.61 Å². The number of nitrogens with zero attached hydrogens (tertiary/aromatic N) is 4. The molecule has 8 heteroatoms. The van der Waals surface area contributed by atoms with Crippen molar-refractivity contribution in [1.29, 1.82) is 0 Å². The number of fused-ring (bicyclic) bond motifs is 1. The Labute approximate surface area is 120 Å². The third-order valence-electron chi connectivity index (χ3n) is 3.27. The summed E-state index contributed by atoms with van der Waals surface area (Å²) in [6.45, 7) is 4.02. The van der Waals surface area contributed by atoms with E-state index in [1.54, 1.807) is 0 Å². The fraction of sp³-hybridized carbons (Fsp3) is 0.615. The van der Waals surface area contributed by atoms with E-state index >= 15 is 0 Å². The third kappa shape index (κ3) is 2.77. The van der Waals surface area contributed by atoms with Gasteiger partial charge in [0.1, 0.15) is 0 Å². The van der Waals surface area contributed by atoms with Gasteiger partial charge in [-0.25, -0.2) is 9.78 Å². The summed E-state index contributed by atoms with van der Waals surface area (Å²) in [6.07, 6.45) is 0.416. The Morgan fingerprint density at radius 2 is 1.95 bits per heavy atom. The van der Waals surface area contributed by atoms with Gasteiger partial charge in [0.15, 0.2) is 11.2 Å². The molecule has 0 bridgehead atoms. The molecule has 0 fully saturated rings. The second kappa shape index (κ2) is 5.82. The molecule has 1 unspecified atom stereocenters. The van der Waals surface area contributed by atoms with Gasteiger partial charge in [0.05, 0.1) is 25.6 Å². The number of rotatable bonds is 5. The molecule has 2 aromatic heterocycles. The molecule has 0 saturated carbocycles. The first-order valence-corrected chi connectivity index (χ1v) is 6.80. The topological polar surface area (TPSA) is 102 Å². The zero-order valence-corrected chi connectivity index (χ0v) is 12.4. The molecule has 0 aromatic carbocycles. The summed E-state index contributed by atoms with van der Waals surface area (Å²) in [6, 6.07) is 0. The average Bonchev–Trinajstić information content (AvgIpc) is 2.84. The van der Waals surface area contributed by atoms with Crippen LogP contribution in [-0.2, 0) is 20.1 Å². The average molecular weight is 296 g/mol. The fourth-order valence-corrected chi connectivity index (χ4v) is 2.26. The van der Waals surface area contributed by atoms with Crippen molar-refractivity contribution in [3.63, 3.8) is 0 Å². The molecular formula is C13H20N4O4. The van der Waals surface area contributed by atoms with Crippen LogP contribution in [0.3, 0.4) is 0 Å². The molecule has 0 aliphatic rings. The van der Waals surface area contributed by atoms with Crippen molar-refractivity contribution in [1.82, 2.24) is 18.7 Å². The molecule has 2 N–H and O–H groups in total. The van der Waals surface area contributed by atoms with Crippen molar-refractivity contribution >= 4 is 11.2 Å². The van der Waals surface area contributed by atoms with Gasteiger partial charge >= 0.3 is 5.69 Å². The summed E-state index contributed by atoms with van der Waals surface area (Å²) >= 11 is 0. The number of aliphatic hydroxyl groups is 2. The third-order valence-corrected chi connectivity index (χ3v) is 3.27. The van der Waals surface area contributed by atoms with Gasteiger partial charge in [-0.2, -0.15) is 0 Å². The minimum atomic E-state index is -0.988. The standard InChI is InChI=1S/C13H20N4O4/c1-8(2)4-17-11-10(12(20)15(3)13(17)21)16(7-14-11)5-9(19)6-18/h7-9,18-19H,4-6H2,1-3H3. The van der Waals surface area contributed by atoms with Gasteiger partial charge in [-0.15, -0.1) is 0 Å². The van der Waals surface area contributed by atoms with Crippen molar-refractivity contribution < 1.29 is 10.2 Å². The Hall–Kier alpha value is -1.93. The van der Waals surface area contributed by atoms with Crippen LogP contribution in [0.4, 0.5) is 0 Å². The highest BCUT2D eigenvalue weighted by Gasteiger charge is 2.18. The van der Waals surface area contributed by atoms with Gasteiger partial charge in [0, 0.05) is 13.6 Å². The Bertz CT molecular complexity index is 756. The largest absolute Gasteiger partial charge is 0.394 e. The highest BCUT2D eigenvalue weighted by molar-refractivity contribution is 5.70. The van der Waals surface area contributed by atoms with E-state index in [1.165, 1.54) is 22.5 Å². The molecule has 2 rings (SSSR count). The lowest BCUT2D eigenvalue weighted by Crippen LogP contribution is -2.39. The van der Waals surface area contributed by atoms with Crippen LogP contribution in [0.25, 0.3) is 11.2 Å². The maximum Gasteiger partial charge on any atom is 0.332 e. The van der Waals surface area contributed by atoms with Gasteiger partial charge in [0.2, 0.25) is 0 Å². The van der Waals surface area contributed by atoms with E-state index in [0.717, 1.165) is 4.57 Å². The van der Waals surface area contributed by atoms with E-state index in [9.17, 15) is 14.7 Å². The monoisotopic (exact) mass is 296 g/mol. The SMILES string of the molecule is CC(C)Cn1c(=O)n(C)c(=O)c2c1ncn2CC(O)CO. The van der Waals surface area contributed by atoms with Crippen molar-refractivity contribution in [2.45, 2.75) is 33.0 Å². The zero-order valence-electron chi connectivity index (χ0n) is 12.4. The summed E-state index contributed by atoms with van der Waals surface area (Å²) in [5.41, 5.74) is -0.306. The Kier molecular flexibility index (Phi) is 4.29. The van der Waals surface area contributed by atoms with Crippen molar-refractivity contribution in [3.05, 3.63) is 27.2 Å². The summed E-state index contributed by atoms with van der Waals surface area (Å²) in [4.78, 5) is 28.6. The predicted molar refractivity (Wildman–Crippen MR) is 77.2 cm³/mol. The molecule has 0 radical (unpaired) electrons. The lowest BCUT2D eigenvalue weighted by atomic mass is 10.2. The van der Waals surface area contributed by atoms with Crippen LogP contribution in [0, 0.1) is 5.92 Å². The van der Waals surface area contributed by atoms with Crippen LogP contribution in [0.5, 0.6) is 0 Å². The van der Waals surface area contributed by atoms with Gasteiger partial charge < -0.3 is 14.8 Å². The van der Waals surface area contributed by atoms with Gasteiger partial charge in [-0.3, -0.25) is 13.9 Å². The number of hydrogen-bond donors (Lipinski definition) is 2.